The van der Waals surface area contributed by atoms with Crippen LogP contribution in [0.1, 0.15) is 4.88 Å². The molecule has 0 spiro atoms. The van der Waals surface area contributed by atoms with Crippen molar-refractivity contribution >= 4 is 28.6 Å². The highest BCUT2D eigenvalue weighted by Crippen LogP contribution is 2.31. The first-order chi connectivity index (χ1) is 6.66. The molecule has 14 heavy (non-hydrogen) atoms. The lowest BCUT2D eigenvalue weighted by Crippen LogP contribution is -1.88. The van der Waals surface area contributed by atoms with Crippen LogP contribution in [-0.2, 0) is 0 Å². The van der Waals surface area contributed by atoms with E-state index in [-0.39, 0.29) is 0 Å². The van der Waals surface area contributed by atoms with E-state index in [4.69, 9.17) is 17.3 Å². The zero-order chi connectivity index (χ0) is 10.1. The maximum Gasteiger partial charge on any atom is 0.0426 e. The molecule has 72 valence electrons. The van der Waals surface area contributed by atoms with Crippen molar-refractivity contribution in [2.24, 2.45) is 0 Å². The number of anilines is 1. The largest absolute Gasteiger partial charge is 0.398 e. The van der Waals surface area contributed by atoms with E-state index in [1.807, 2.05) is 12.1 Å². The van der Waals surface area contributed by atoms with Crippen LogP contribution in [0.4, 0.5) is 5.69 Å². The lowest BCUT2D eigenvalue weighted by atomic mass is 10.1. The molecule has 0 bridgehead atoms. The molecule has 0 unspecified atom stereocenters. The van der Waals surface area contributed by atoms with Crippen LogP contribution in [0.3, 0.4) is 0 Å². The van der Waals surface area contributed by atoms with Crippen molar-refractivity contribution in [1.29, 1.82) is 0 Å². The van der Waals surface area contributed by atoms with Crippen LogP contribution in [0.5, 0.6) is 0 Å². The van der Waals surface area contributed by atoms with Crippen LogP contribution < -0.4 is 5.73 Å². The van der Waals surface area contributed by atoms with Gasteiger partial charge in [-0.2, -0.15) is 0 Å². The van der Waals surface area contributed by atoms with Gasteiger partial charge in [0.15, 0.2) is 0 Å². The Balaban J connectivity index is 2.52. The molecule has 0 aliphatic heterocycles. The molecule has 0 fully saturated rings. The van der Waals surface area contributed by atoms with E-state index >= 15 is 0 Å². The van der Waals surface area contributed by atoms with Gasteiger partial charge in [0.1, 0.15) is 0 Å². The number of nitrogens with two attached hydrogens (primary N) is 1. The predicted octanol–water partition coefficient (Wildman–Crippen LogP) is 3.96. The van der Waals surface area contributed by atoms with Gasteiger partial charge in [-0.15, -0.1) is 11.3 Å². The number of hydrogen-bond donors (Lipinski definition) is 1. The number of hydrogen-bond acceptors (Lipinski definition) is 2. The summed E-state index contributed by atoms with van der Waals surface area (Å²) in [5.41, 5.74) is 8.84. The molecule has 1 heterocycles. The van der Waals surface area contributed by atoms with Gasteiger partial charge in [-0.3, -0.25) is 0 Å². The first-order valence-corrected chi connectivity index (χ1v) is 5.53. The number of halogens is 1. The second kappa shape index (κ2) is 3.64. The number of thiophene rings is 1. The third kappa shape index (κ3) is 1.76. The first kappa shape index (κ1) is 9.56. The van der Waals surface area contributed by atoms with Crippen LogP contribution in [0.2, 0.25) is 5.02 Å². The van der Waals surface area contributed by atoms with Crippen LogP contribution in [0, 0.1) is 6.92 Å². The van der Waals surface area contributed by atoms with E-state index in [0.29, 0.717) is 5.02 Å². The Morgan fingerprint density at radius 2 is 2.07 bits per heavy atom. The van der Waals surface area contributed by atoms with Crippen molar-refractivity contribution in [2.45, 2.75) is 6.92 Å². The Kier molecular flexibility index (Phi) is 2.48. The normalized spacial score (nSPS) is 10.4. The molecule has 2 aromatic rings. The fraction of sp³-hybridized carbons (Fsp3) is 0.0909. The van der Waals surface area contributed by atoms with Gasteiger partial charge < -0.3 is 5.73 Å². The quantitative estimate of drug-likeness (QED) is 0.728. The minimum absolute atomic E-state index is 0.679. The van der Waals surface area contributed by atoms with E-state index in [0.717, 1.165) is 11.3 Å². The smallest absolute Gasteiger partial charge is 0.0426 e. The fourth-order valence-corrected chi connectivity index (χ4v) is 2.26. The van der Waals surface area contributed by atoms with Gasteiger partial charge in [-0.25, -0.2) is 0 Å². The van der Waals surface area contributed by atoms with Crippen molar-refractivity contribution in [3.8, 4) is 11.1 Å². The molecule has 0 saturated heterocycles. The van der Waals surface area contributed by atoms with Crippen molar-refractivity contribution in [1.82, 2.24) is 0 Å². The van der Waals surface area contributed by atoms with Crippen molar-refractivity contribution in [3.63, 3.8) is 0 Å². The molecule has 0 aliphatic carbocycles. The molecule has 1 aromatic heterocycles. The summed E-state index contributed by atoms with van der Waals surface area (Å²) in [7, 11) is 0. The summed E-state index contributed by atoms with van der Waals surface area (Å²) >= 11 is 7.56. The Labute approximate surface area is 92.1 Å². The average molecular weight is 224 g/mol. The summed E-state index contributed by atoms with van der Waals surface area (Å²) < 4.78 is 0. The van der Waals surface area contributed by atoms with Gasteiger partial charge in [-0.1, -0.05) is 17.7 Å². The number of rotatable bonds is 1. The molecule has 0 saturated carbocycles. The van der Waals surface area contributed by atoms with Gasteiger partial charge >= 0.3 is 0 Å². The topological polar surface area (TPSA) is 26.0 Å². The summed E-state index contributed by atoms with van der Waals surface area (Å²) in [5.74, 6) is 0. The van der Waals surface area contributed by atoms with E-state index in [1.165, 1.54) is 10.4 Å². The molecule has 2 rings (SSSR count). The molecule has 3 heteroatoms. The average Bonchev–Trinajstić information content (AvgIpc) is 2.51. The molecule has 2 N–H and O–H groups in total. The minimum Gasteiger partial charge on any atom is -0.398 e. The third-order valence-electron chi connectivity index (χ3n) is 2.06. The van der Waals surface area contributed by atoms with Gasteiger partial charge in [0.05, 0.1) is 0 Å². The summed E-state index contributed by atoms with van der Waals surface area (Å²) in [6.45, 7) is 2.08. The highest BCUT2D eigenvalue weighted by Gasteiger charge is 2.04. The second-order valence-electron chi connectivity index (χ2n) is 3.18. The van der Waals surface area contributed by atoms with E-state index < -0.39 is 0 Å². The summed E-state index contributed by atoms with van der Waals surface area (Å²) in [5, 5.41) is 2.78. The van der Waals surface area contributed by atoms with Crippen LogP contribution >= 0.6 is 22.9 Å². The molecule has 0 radical (unpaired) electrons. The van der Waals surface area contributed by atoms with Crippen molar-refractivity contribution < 1.29 is 0 Å². The third-order valence-corrected chi connectivity index (χ3v) is 3.15. The summed E-state index contributed by atoms with van der Waals surface area (Å²) in [4.78, 5) is 1.29. The van der Waals surface area contributed by atoms with Gasteiger partial charge in [0.25, 0.3) is 0 Å². The Bertz CT molecular complexity index is 462. The Morgan fingerprint density at radius 1 is 1.29 bits per heavy atom. The standard InChI is InChI=1S/C11H10ClNS/c1-7-4-8(6-14-7)10-3-2-9(12)5-11(10)13/h2-6H,13H2,1H3. The van der Waals surface area contributed by atoms with Gasteiger partial charge in [0.2, 0.25) is 0 Å². The van der Waals surface area contributed by atoms with Crippen molar-refractivity contribution in [3.05, 3.63) is 39.5 Å². The maximum atomic E-state index is 5.88. The molecule has 0 amide bonds. The lowest BCUT2D eigenvalue weighted by Gasteiger charge is -2.03. The van der Waals surface area contributed by atoms with Gasteiger partial charge in [0, 0.05) is 21.2 Å². The Hall–Kier alpha value is -0.990. The van der Waals surface area contributed by atoms with Crippen LogP contribution in [0.15, 0.2) is 29.6 Å². The monoisotopic (exact) mass is 223 g/mol. The van der Waals surface area contributed by atoms with Crippen LogP contribution in [-0.4, -0.2) is 0 Å². The predicted molar refractivity (Wildman–Crippen MR) is 63.9 cm³/mol. The van der Waals surface area contributed by atoms with Gasteiger partial charge in [-0.05, 0) is 36.1 Å². The molecule has 0 aliphatic rings. The molecular formula is C11H10ClNS. The highest BCUT2D eigenvalue weighted by atomic mass is 35.5. The van der Waals surface area contributed by atoms with E-state index in [2.05, 4.69) is 18.4 Å². The maximum absolute atomic E-state index is 5.88. The highest BCUT2D eigenvalue weighted by molar-refractivity contribution is 7.10. The number of benzene rings is 1. The minimum atomic E-state index is 0.679. The molecular weight excluding hydrogens is 214 g/mol. The molecule has 1 nitrogen and oxygen atoms in total. The zero-order valence-electron chi connectivity index (χ0n) is 7.75. The zero-order valence-corrected chi connectivity index (χ0v) is 9.32. The van der Waals surface area contributed by atoms with Crippen molar-refractivity contribution in [2.75, 3.05) is 5.73 Å². The summed E-state index contributed by atoms with van der Waals surface area (Å²) in [6.07, 6.45) is 0. The van der Waals surface area contributed by atoms with E-state index in [9.17, 15) is 0 Å². The first-order valence-electron chi connectivity index (χ1n) is 4.27. The summed E-state index contributed by atoms with van der Waals surface area (Å²) in [6, 6.07) is 7.73. The molecule has 1 aromatic carbocycles. The van der Waals surface area contributed by atoms with Crippen LogP contribution in [0.25, 0.3) is 11.1 Å². The Morgan fingerprint density at radius 3 is 2.64 bits per heavy atom. The SMILES string of the molecule is Cc1cc(-c2ccc(Cl)cc2N)cs1. The number of aryl methyl sites for hydroxylation is 1. The van der Waals surface area contributed by atoms with E-state index in [1.54, 1.807) is 17.4 Å². The number of nitrogen functional groups attached to an aromatic ring is 1. The lowest BCUT2D eigenvalue weighted by molar-refractivity contribution is 1.61. The molecule has 0 atom stereocenters. The fourth-order valence-electron chi connectivity index (χ4n) is 1.38. The second-order valence-corrected chi connectivity index (χ2v) is 4.73.